The molecule has 2 N–H and O–H groups in total. The fourth-order valence-electron chi connectivity index (χ4n) is 0.926. The Morgan fingerprint density at radius 2 is 2.46 bits per heavy atom. The van der Waals surface area contributed by atoms with Gasteiger partial charge in [0.05, 0.1) is 0 Å². The Hall–Kier alpha value is -2.05. The van der Waals surface area contributed by atoms with E-state index in [0.717, 1.165) is 0 Å². The minimum atomic E-state index is -0.243. The number of nitrogens with two attached hydrogens (primary N) is 1. The molecule has 1 unspecified atom stereocenters. The Labute approximate surface area is 73.7 Å². The van der Waals surface area contributed by atoms with Crippen molar-refractivity contribution in [3.05, 3.63) is 24.8 Å². The molecule has 0 amide bonds. The van der Waals surface area contributed by atoms with Crippen LogP contribution in [0.25, 0.3) is 0 Å². The van der Waals surface area contributed by atoms with Crippen LogP contribution in [0.1, 0.15) is 6.17 Å². The van der Waals surface area contributed by atoms with Gasteiger partial charge in [0, 0.05) is 0 Å². The lowest BCUT2D eigenvalue weighted by molar-refractivity contribution is 0.536. The fourth-order valence-corrected chi connectivity index (χ4v) is 0.926. The van der Waals surface area contributed by atoms with E-state index in [1.165, 1.54) is 6.33 Å². The van der Waals surface area contributed by atoms with Gasteiger partial charge in [0.2, 0.25) is 0 Å². The zero-order chi connectivity index (χ0) is 9.10. The summed E-state index contributed by atoms with van der Waals surface area (Å²) in [5.41, 5.74) is 0. The quantitative estimate of drug-likeness (QED) is 0.485. The zero-order valence-corrected chi connectivity index (χ0v) is 6.65. The van der Waals surface area contributed by atoms with Gasteiger partial charge in [-0.1, -0.05) is 0 Å². The van der Waals surface area contributed by atoms with Crippen LogP contribution in [0.2, 0.25) is 0 Å². The summed E-state index contributed by atoms with van der Waals surface area (Å²) in [6.07, 6.45) is 6.23. The molecule has 13 heavy (non-hydrogen) atoms. The molecule has 2 heterocycles. The van der Waals surface area contributed by atoms with E-state index >= 15 is 0 Å². The summed E-state index contributed by atoms with van der Waals surface area (Å²) in [6.45, 7) is 0. The van der Waals surface area contributed by atoms with E-state index in [-0.39, 0.29) is 6.17 Å². The van der Waals surface area contributed by atoms with Crippen molar-refractivity contribution in [1.82, 2.24) is 14.8 Å². The highest BCUT2D eigenvalue weighted by atomic mass is 15.4. The molecule has 1 aromatic rings. The summed E-state index contributed by atoms with van der Waals surface area (Å²) in [6, 6.07) is 0. The minimum Gasteiger partial charge on any atom is -0.321 e. The van der Waals surface area contributed by atoms with E-state index in [0.29, 0.717) is 5.84 Å². The average Bonchev–Trinajstić information content (AvgIpc) is 2.71. The summed E-state index contributed by atoms with van der Waals surface area (Å²) >= 11 is 0. The number of amidine groups is 1. The summed E-state index contributed by atoms with van der Waals surface area (Å²) in [5.74, 6) is 5.41. The first-order valence-electron chi connectivity index (χ1n) is 3.61. The van der Waals surface area contributed by atoms with Crippen molar-refractivity contribution >= 4 is 5.84 Å². The van der Waals surface area contributed by atoms with E-state index in [9.17, 15) is 0 Å². The Morgan fingerprint density at radius 1 is 1.54 bits per heavy atom. The Bertz CT molecular complexity index is 344. The molecular weight excluding hydrogens is 170 g/mol. The molecule has 0 aromatic carbocycles. The van der Waals surface area contributed by atoms with Crippen LogP contribution in [0.15, 0.2) is 40.1 Å². The maximum atomic E-state index is 5.02. The second kappa shape index (κ2) is 3.13. The van der Waals surface area contributed by atoms with Crippen LogP contribution in [-0.2, 0) is 0 Å². The molecule has 2 rings (SSSR count). The third-order valence-electron chi connectivity index (χ3n) is 1.54. The molecule has 0 aliphatic carbocycles. The summed E-state index contributed by atoms with van der Waals surface area (Å²) < 4.78 is 1.58. The largest absolute Gasteiger partial charge is 0.321 e. The highest BCUT2D eigenvalue weighted by Gasteiger charge is 2.09. The molecule has 0 saturated heterocycles. The molecule has 1 aromatic heterocycles. The molecule has 1 aliphatic rings. The number of azo groups is 1. The van der Waals surface area contributed by atoms with Crippen LogP contribution in [0, 0.1) is 0 Å². The Kier molecular flexibility index (Phi) is 1.83. The number of nitrogens with zero attached hydrogens (tertiary/aromatic N) is 6. The van der Waals surface area contributed by atoms with Crippen LogP contribution < -0.4 is 5.84 Å². The van der Waals surface area contributed by atoms with Crippen LogP contribution in [0.4, 0.5) is 0 Å². The molecule has 7 heteroatoms. The number of hydrogen-bond donors (Lipinski definition) is 1. The molecule has 0 spiro atoms. The van der Waals surface area contributed by atoms with Gasteiger partial charge in [-0.3, -0.25) is 0 Å². The SMILES string of the molecule is N/N=C1\C=CC(n2cncn2)N=N1. The standard InChI is InChI=1S/C6H7N7/c7-10-5-1-2-6(12-11-5)13-4-8-3-9-13/h1-4,6H,7H2/b10-5+. The molecule has 1 atom stereocenters. The lowest BCUT2D eigenvalue weighted by atomic mass is 10.4. The van der Waals surface area contributed by atoms with Crippen molar-refractivity contribution in [3.8, 4) is 0 Å². The van der Waals surface area contributed by atoms with Crippen LogP contribution in [0.3, 0.4) is 0 Å². The molecule has 0 radical (unpaired) electrons. The fraction of sp³-hybridized carbons (Fsp3) is 0.167. The third kappa shape index (κ3) is 1.43. The minimum absolute atomic E-state index is 0.243. The van der Waals surface area contributed by atoms with Crippen molar-refractivity contribution in [1.29, 1.82) is 0 Å². The molecule has 0 saturated carbocycles. The van der Waals surface area contributed by atoms with Gasteiger partial charge in [0.25, 0.3) is 0 Å². The van der Waals surface area contributed by atoms with E-state index in [4.69, 9.17) is 5.84 Å². The first-order chi connectivity index (χ1) is 6.40. The van der Waals surface area contributed by atoms with Crippen molar-refractivity contribution in [3.63, 3.8) is 0 Å². The average molecular weight is 177 g/mol. The molecule has 1 aliphatic heterocycles. The van der Waals surface area contributed by atoms with Gasteiger partial charge in [-0.15, -0.1) is 5.11 Å². The number of hydrogen-bond acceptors (Lipinski definition) is 5. The zero-order valence-electron chi connectivity index (χ0n) is 6.65. The number of hydrazone groups is 1. The van der Waals surface area contributed by atoms with Gasteiger partial charge in [-0.25, -0.2) is 9.67 Å². The maximum absolute atomic E-state index is 5.02. The normalized spacial score (nSPS) is 24.0. The second-order valence-electron chi connectivity index (χ2n) is 2.35. The first kappa shape index (κ1) is 7.59. The van der Waals surface area contributed by atoms with Crippen molar-refractivity contribution in [2.75, 3.05) is 0 Å². The summed E-state index contributed by atoms with van der Waals surface area (Å²) in [5, 5.41) is 15.0. The highest BCUT2D eigenvalue weighted by Crippen LogP contribution is 2.12. The molecule has 0 bridgehead atoms. The first-order valence-corrected chi connectivity index (χ1v) is 3.61. The van der Waals surface area contributed by atoms with Crippen molar-refractivity contribution < 1.29 is 0 Å². The van der Waals surface area contributed by atoms with Crippen molar-refractivity contribution in [2.24, 2.45) is 21.2 Å². The third-order valence-corrected chi connectivity index (χ3v) is 1.54. The molecular formula is C6H7N7. The lowest BCUT2D eigenvalue weighted by Gasteiger charge is -2.08. The van der Waals surface area contributed by atoms with Gasteiger partial charge in [0.15, 0.2) is 12.0 Å². The van der Waals surface area contributed by atoms with E-state index < -0.39 is 0 Å². The van der Waals surface area contributed by atoms with Gasteiger partial charge >= 0.3 is 0 Å². The topological polar surface area (TPSA) is 93.8 Å². The summed E-state index contributed by atoms with van der Waals surface area (Å²) in [4.78, 5) is 3.80. The smallest absolute Gasteiger partial charge is 0.192 e. The van der Waals surface area contributed by atoms with Gasteiger partial charge in [-0.05, 0) is 12.2 Å². The van der Waals surface area contributed by atoms with Crippen LogP contribution in [-0.4, -0.2) is 20.6 Å². The van der Waals surface area contributed by atoms with E-state index in [1.807, 2.05) is 0 Å². The molecule has 66 valence electrons. The molecule has 0 fully saturated rings. The van der Waals surface area contributed by atoms with E-state index in [2.05, 4.69) is 25.4 Å². The van der Waals surface area contributed by atoms with Gasteiger partial charge in [0.1, 0.15) is 12.7 Å². The maximum Gasteiger partial charge on any atom is 0.192 e. The lowest BCUT2D eigenvalue weighted by Crippen LogP contribution is -2.08. The number of aromatic nitrogens is 3. The predicted molar refractivity (Wildman–Crippen MR) is 44.7 cm³/mol. The number of rotatable bonds is 1. The highest BCUT2D eigenvalue weighted by molar-refractivity contribution is 5.93. The van der Waals surface area contributed by atoms with Gasteiger partial charge in [-0.2, -0.15) is 15.3 Å². The summed E-state index contributed by atoms with van der Waals surface area (Å²) in [7, 11) is 0. The Morgan fingerprint density at radius 3 is 3.00 bits per heavy atom. The molecule has 7 nitrogen and oxygen atoms in total. The monoisotopic (exact) mass is 177 g/mol. The van der Waals surface area contributed by atoms with Gasteiger partial charge < -0.3 is 5.84 Å². The van der Waals surface area contributed by atoms with Crippen LogP contribution >= 0.6 is 0 Å². The second-order valence-corrected chi connectivity index (χ2v) is 2.35. The Balaban J connectivity index is 2.19. The van der Waals surface area contributed by atoms with Crippen molar-refractivity contribution in [2.45, 2.75) is 6.17 Å². The predicted octanol–water partition coefficient (Wildman–Crippen LogP) is 0.0709. The van der Waals surface area contributed by atoms with Crippen LogP contribution in [0.5, 0.6) is 0 Å². The van der Waals surface area contributed by atoms with E-state index in [1.54, 1.807) is 23.2 Å².